The van der Waals surface area contributed by atoms with Gasteiger partial charge in [0.05, 0.1) is 5.56 Å². The fourth-order valence-corrected chi connectivity index (χ4v) is 4.22. The lowest BCUT2D eigenvalue weighted by Crippen LogP contribution is -2.43. The molecule has 110 valence electrons. The van der Waals surface area contributed by atoms with Crippen molar-refractivity contribution >= 4 is 17.5 Å². The topological polar surface area (TPSA) is 20.3 Å². The number of carbonyl (C=O) groups excluding carboxylic acids is 1. The van der Waals surface area contributed by atoms with Crippen LogP contribution in [-0.2, 0) is 0 Å². The van der Waals surface area contributed by atoms with Gasteiger partial charge in [0.25, 0.3) is 0 Å². The summed E-state index contributed by atoms with van der Waals surface area (Å²) in [6.45, 7) is 9.05. The zero-order chi connectivity index (χ0) is 14.7. The molecular formula is C16H22FNOS. The van der Waals surface area contributed by atoms with Crippen LogP contribution in [-0.4, -0.2) is 40.8 Å². The summed E-state index contributed by atoms with van der Waals surface area (Å²) in [5, 5.41) is 1.18. The molecule has 1 aliphatic heterocycles. The molecule has 1 heterocycles. The zero-order valence-electron chi connectivity index (χ0n) is 12.3. The molecule has 0 aliphatic carbocycles. The number of carbonyl (C=O) groups is 1. The average Bonchev–Trinajstić information content (AvgIpc) is 2.37. The summed E-state index contributed by atoms with van der Waals surface area (Å²) in [7, 11) is 0. The van der Waals surface area contributed by atoms with Crippen molar-refractivity contribution in [1.82, 2.24) is 4.90 Å². The van der Waals surface area contributed by atoms with Gasteiger partial charge in [-0.1, -0.05) is 32.9 Å². The Morgan fingerprint density at radius 1 is 1.35 bits per heavy atom. The van der Waals surface area contributed by atoms with Crippen molar-refractivity contribution in [2.75, 3.05) is 19.6 Å². The van der Waals surface area contributed by atoms with Crippen LogP contribution in [0.1, 0.15) is 31.1 Å². The third-order valence-electron chi connectivity index (χ3n) is 3.61. The molecule has 0 bridgehead atoms. The second-order valence-electron chi connectivity index (χ2n) is 5.72. The molecule has 4 heteroatoms. The summed E-state index contributed by atoms with van der Waals surface area (Å²) in [5.74, 6) is -0.684. The third kappa shape index (κ3) is 3.83. The summed E-state index contributed by atoms with van der Waals surface area (Å²) in [5.41, 5.74) is 0.215. The van der Waals surface area contributed by atoms with Gasteiger partial charge in [-0.2, -0.15) is 11.8 Å². The maximum absolute atomic E-state index is 13.7. The first kappa shape index (κ1) is 15.5. The molecule has 1 fully saturated rings. The summed E-state index contributed by atoms with van der Waals surface area (Å²) in [4.78, 5) is 14.7. The number of rotatable bonds is 4. The Balaban J connectivity index is 1.99. The van der Waals surface area contributed by atoms with Crippen LogP contribution in [0.2, 0.25) is 0 Å². The lowest BCUT2D eigenvalue weighted by Gasteiger charge is -2.35. The molecule has 2 rings (SSSR count). The first-order valence-electron chi connectivity index (χ1n) is 7.14. The van der Waals surface area contributed by atoms with E-state index in [9.17, 15) is 9.18 Å². The molecule has 0 N–H and O–H groups in total. The minimum Gasteiger partial charge on any atom is -0.300 e. The van der Waals surface area contributed by atoms with Gasteiger partial charge >= 0.3 is 0 Å². The first-order valence-corrected chi connectivity index (χ1v) is 8.08. The molecule has 2 nitrogen and oxygen atoms in total. The molecule has 0 aromatic heterocycles. The van der Waals surface area contributed by atoms with Crippen molar-refractivity contribution < 1.29 is 9.18 Å². The highest BCUT2D eigenvalue weighted by molar-refractivity contribution is 8.00. The zero-order valence-corrected chi connectivity index (χ0v) is 13.1. The van der Waals surface area contributed by atoms with Gasteiger partial charge in [-0.15, -0.1) is 0 Å². The van der Waals surface area contributed by atoms with Crippen LogP contribution in [0.4, 0.5) is 4.39 Å². The SMILES string of the molecule is CC1CN(CC(C)C(=O)c2ccccc2F)CC(C)S1. The minimum absolute atomic E-state index is 0.0957. The molecule has 3 atom stereocenters. The monoisotopic (exact) mass is 295 g/mol. The van der Waals surface area contributed by atoms with E-state index in [-0.39, 0.29) is 17.3 Å². The number of benzene rings is 1. The standard InChI is InChI=1S/C16H22FNOS/c1-11(8-18-9-12(2)20-13(3)10-18)16(19)14-6-4-5-7-15(14)17/h4-7,11-13H,8-10H2,1-3H3. The maximum Gasteiger partial charge on any atom is 0.169 e. The van der Waals surface area contributed by atoms with Crippen molar-refractivity contribution in [1.29, 1.82) is 0 Å². The van der Waals surface area contributed by atoms with E-state index in [1.807, 2.05) is 18.7 Å². The number of nitrogens with zero attached hydrogens (tertiary/aromatic N) is 1. The summed E-state index contributed by atoms with van der Waals surface area (Å²) >= 11 is 1.99. The molecule has 0 saturated carbocycles. The van der Waals surface area contributed by atoms with Crippen molar-refractivity contribution in [3.05, 3.63) is 35.6 Å². The van der Waals surface area contributed by atoms with Crippen molar-refractivity contribution in [3.8, 4) is 0 Å². The van der Waals surface area contributed by atoms with Crippen molar-refractivity contribution in [2.24, 2.45) is 5.92 Å². The maximum atomic E-state index is 13.7. The number of Topliss-reactive ketones (excluding diaryl/α,β-unsaturated/α-hetero) is 1. The molecule has 0 spiro atoms. The molecule has 0 radical (unpaired) electrons. The van der Waals surface area contributed by atoms with Gasteiger partial charge in [-0.05, 0) is 12.1 Å². The van der Waals surface area contributed by atoms with Crippen LogP contribution in [0.15, 0.2) is 24.3 Å². The van der Waals surface area contributed by atoms with Gasteiger partial charge in [0.1, 0.15) is 5.82 Å². The van der Waals surface area contributed by atoms with Gasteiger partial charge in [-0.25, -0.2) is 4.39 Å². The highest BCUT2D eigenvalue weighted by atomic mass is 32.2. The van der Waals surface area contributed by atoms with E-state index in [2.05, 4.69) is 18.7 Å². The van der Waals surface area contributed by atoms with Crippen LogP contribution in [0.5, 0.6) is 0 Å². The van der Waals surface area contributed by atoms with Gasteiger partial charge in [0.2, 0.25) is 0 Å². The molecule has 3 unspecified atom stereocenters. The highest BCUT2D eigenvalue weighted by Gasteiger charge is 2.26. The van der Waals surface area contributed by atoms with E-state index in [1.165, 1.54) is 6.07 Å². The molecule has 1 saturated heterocycles. The van der Waals surface area contributed by atoms with Crippen LogP contribution >= 0.6 is 11.8 Å². The van der Waals surface area contributed by atoms with Crippen LogP contribution in [0, 0.1) is 11.7 Å². The second kappa shape index (κ2) is 6.72. The van der Waals surface area contributed by atoms with Gasteiger partial charge < -0.3 is 4.90 Å². The smallest absolute Gasteiger partial charge is 0.169 e. The lowest BCUT2D eigenvalue weighted by molar-refractivity contribution is 0.0888. The Hall–Kier alpha value is -0.870. The van der Waals surface area contributed by atoms with Crippen molar-refractivity contribution in [2.45, 2.75) is 31.3 Å². The molecule has 1 aromatic rings. The Kier molecular flexibility index (Phi) is 5.22. The summed E-state index contributed by atoms with van der Waals surface area (Å²) in [6, 6.07) is 6.25. The lowest BCUT2D eigenvalue weighted by atomic mass is 9.98. The Morgan fingerprint density at radius 3 is 2.55 bits per heavy atom. The van der Waals surface area contributed by atoms with E-state index < -0.39 is 5.82 Å². The number of hydrogen-bond acceptors (Lipinski definition) is 3. The second-order valence-corrected chi connectivity index (χ2v) is 7.60. The number of thioether (sulfide) groups is 1. The largest absolute Gasteiger partial charge is 0.300 e. The summed E-state index contributed by atoms with van der Waals surface area (Å²) in [6.07, 6.45) is 0. The summed E-state index contributed by atoms with van der Waals surface area (Å²) < 4.78 is 13.7. The molecule has 0 amide bonds. The molecule has 1 aromatic carbocycles. The Morgan fingerprint density at radius 2 is 1.95 bits per heavy atom. The van der Waals surface area contributed by atoms with Crippen LogP contribution in [0.25, 0.3) is 0 Å². The molecule has 1 aliphatic rings. The fraction of sp³-hybridized carbons (Fsp3) is 0.562. The number of ketones is 1. The third-order valence-corrected chi connectivity index (χ3v) is 4.84. The van der Waals surface area contributed by atoms with Crippen LogP contribution < -0.4 is 0 Å². The highest BCUT2D eigenvalue weighted by Crippen LogP contribution is 2.25. The van der Waals surface area contributed by atoms with Crippen molar-refractivity contribution in [3.63, 3.8) is 0 Å². The van der Waals surface area contributed by atoms with E-state index in [1.54, 1.807) is 18.2 Å². The predicted molar refractivity (Wildman–Crippen MR) is 82.8 cm³/mol. The average molecular weight is 295 g/mol. The Bertz CT molecular complexity index is 469. The molecular weight excluding hydrogens is 273 g/mol. The van der Waals surface area contributed by atoms with E-state index in [0.29, 0.717) is 17.0 Å². The van der Waals surface area contributed by atoms with Gasteiger partial charge in [-0.3, -0.25) is 4.79 Å². The van der Waals surface area contributed by atoms with E-state index in [4.69, 9.17) is 0 Å². The quantitative estimate of drug-likeness (QED) is 0.793. The minimum atomic E-state index is -0.416. The van der Waals surface area contributed by atoms with E-state index >= 15 is 0 Å². The number of halogens is 1. The molecule has 20 heavy (non-hydrogen) atoms. The van der Waals surface area contributed by atoms with Crippen LogP contribution in [0.3, 0.4) is 0 Å². The van der Waals surface area contributed by atoms with Gasteiger partial charge in [0.15, 0.2) is 5.78 Å². The predicted octanol–water partition coefficient (Wildman–Crippen LogP) is 3.47. The normalized spacial score (nSPS) is 25.4. The first-order chi connectivity index (χ1) is 9.47. The number of hydrogen-bond donors (Lipinski definition) is 0. The van der Waals surface area contributed by atoms with Gasteiger partial charge in [0, 0.05) is 36.1 Å². The fourth-order valence-electron chi connectivity index (χ4n) is 2.83. The Labute approximate surface area is 124 Å². The van der Waals surface area contributed by atoms with E-state index in [0.717, 1.165) is 13.1 Å².